The minimum atomic E-state index is -3.54. The summed E-state index contributed by atoms with van der Waals surface area (Å²) in [6.07, 6.45) is -3.47. The van der Waals surface area contributed by atoms with Crippen LogP contribution in [-0.4, -0.2) is 61.3 Å². The van der Waals surface area contributed by atoms with Crippen LogP contribution >= 0.6 is 18.3 Å². The summed E-state index contributed by atoms with van der Waals surface area (Å²) in [5.41, 5.74) is 6.02. The average molecular weight is 568 g/mol. The van der Waals surface area contributed by atoms with E-state index < -0.39 is 59.8 Å². The molecule has 0 aliphatic carbocycles. The fourth-order valence-corrected chi connectivity index (χ4v) is 6.24. The summed E-state index contributed by atoms with van der Waals surface area (Å²) < 4.78 is 65.7. The first-order valence-electron chi connectivity index (χ1n) is 10.4. The van der Waals surface area contributed by atoms with E-state index in [-0.39, 0.29) is 42.2 Å². The quantitative estimate of drug-likeness (QED) is 0.237. The van der Waals surface area contributed by atoms with Gasteiger partial charge in [0.25, 0.3) is 0 Å². The van der Waals surface area contributed by atoms with Gasteiger partial charge in [-0.15, -0.1) is 0 Å². The molecule has 17 heteroatoms. The molecule has 2 aliphatic rings. The summed E-state index contributed by atoms with van der Waals surface area (Å²) in [5, 5.41) is 20.1. The second-order valence-electron chi connectivity index (χ2n) is 7.98. The number of hydrogen-bond donors (Lipinski definition) is 3. The maximum atomic E-state index is 14.5. The number of fused-ring (bicyclic) bond motifs is 1. The van der Waals surface area contributed by atoms with E-state index in [9.17, 15) is 23.4 Å². The van der Waals surface area contributed by atoms with Crippen LogP contribution in [0.15, 0.2) is 18.7 Å². The lowest BCUT2D eigenvalue weighted by Gasteiger charge is -2.33. The Balaban J connectivity index is 1.30. The number of anilines is 1. The lowest BCUT2D eigenvalue weighted by Crippen LogP contribution is -2.34. The summed E-state index contributed by atoms with van der Waals surface area (Å²) in [6, 6.07) is 0.642. The Bertz CT molecular complexity index is 1370. The minimum Gasteiger partial charge on any atom is -0.387 e. The van der Waals surface area contributed by atoms with Crippen LogP contribution in [-0.2, 0) is 30.1 Å². The van der Waals surface area contributed by atoms with Gasteiger partial charge in [-0.05, 0) is 17.9 Å². The highest BCUT2D eigenvalue weighted by Gasteiger charge is 2.46. The monoisotopic (exact) mass is 567 g/mol. The number of aliphatic hydroxyl groups excluding tert-OH is 2. The molecule has 6 atom stereocenters. The number of aromatic nitrogens is 4. The average Bonchev–Trinajstić information content (AvgIpc) is 3.41. The van der Waals surface area contributed by atoms with Crippen molar-refractivity contribution in [1.82, 2.24) is 19.5 Å². The van der Waals surface area contributed by atoms with Crippen molar-refractivity contribution in [1.29, 1.82) is 0 Å². The molecule has 5 rings (SSSR count). The highest BCUT2D eigenvalue weighted by molar-refractivity contribution is 8.07. The molecule has 1 aromatic carbocycles. The lowest BCUT2D eigenvalue weighted by molar-refractivity contribution is -0.0533. The Morgan fingerprint density at radius 2 is 2.00 bits per heavy atom. The zero-order valence-electron chi connectivity index (χ0n) is 18.0. The SMILES string of the molecule is Nc1ncnc2c1ncn2[C@@H]1O[C@H](COP2(=S)OCCC(c3cc(F)c(F)c(Cl)c3F)O2)[C@H](O)C1O. The molecular formula is C19H18ClF3N5O6PS. The molecule has 0 spiro atoms. The fraction of sp³-hybridized carbons (Fsp3) is 0.421. The van der Waals surface area contributed by atoms with Gasteiger partial charge in [-0.1, -0.05) is 11.6 Å². The molecule has 4 N–H and O–H groups in total. The van der Waals surface area contributed by atoms with E-state index in [0.29, 0.717) is 6.07 Å². The van der Waals surface area contributed by atoms with Crippen LogP contribution in [0.5, 0.6) is 0 Å². The van der Waals surface area contributed by atoms with E-state index in [2.05, 4.69) is 15.0 Å². The van der Waals surface area contributed by atoms with Gasteiger partial charge in [-0.2, -0.15) is 0 Å². The Morgan fingerprint density at radius 3 is 2.78 bits per heavy atom. The summed E-state index contributed by atoms with van der Waals surface area (Å²) in [5.74, 6) is -3.91. The molecule has 4 heterocycles. The number of hydrogen-bond acceptors (Lipinski definition) is 11. The highest BCUT2D eigenvalue weighted by atomic mass is 35.5. The molecule has 194 valence electrons. The molecule has 2 fully saturated rings. The van der Waals surface area contributed by atoms with Gasteiger partial charge in [0.15, 0.2) is 35.1 Å². The van der Waals surface area contributed by atoms with E-state index in [4.69, 9.17) is 47.4 Å². The van der Waals surface area contributed by atoms with E-state index in [1.54, 1.807) is 0 Å². The number of imidazole rings is 1. The minimum absolute atomic E-state index is 0.0283. The third-order valence-corrected chi connectivity index (χ3v) is 8.46. The molecule has 0 amide bonds. The van der Waals surface area contributed by atoms with Crippen LogP contribution in [0.1, 0.15) is 24.3 Å². The predicted molar refractivity (Wildman–Crippen MR) is 122 cm³/mol. The van der Waals surface area contributed by atoms with Gasteiger partial charge in [0, 0.05) is 12.0 Å². The Hall–Kier alpha value is -1.94. The number of ether oxygens (including phenoxy) is 1. The van der Waals surface area contributed by atoms with Crippen LogP contribution in [0.3, 0.4) is 0 Å². The van der Waals surface area contributed by atoms with Crippen molar-refractivity contribution in [2.75, 3.05) is 18.9 Å². The van der Waals surface area contributed by atoms with Gasteiger partial charge >= 0.3 is 6.72 Å². The smallest absolute Gasteiger partial charge is 0.327 e. The van der Waals surface area contributed by atoms with Gasteiger partial charge in [0.1, 0.15) is 35.2 Å². The molecule has 0 saturated carbocycles. The van der Waals surface area contributed by atoms with Gasteiger partial charge in [-0.25, -0.2) is 28.1 Å². The van der Waals surface area contributed by atoms with Crippen molar-refractivity contribution >= 4 is 47.1 Å². The lowest BCUT2D eigenvalue weighted by atomic mass is 10.1. The zero-order valence-corrected chi connectivity index (χ0v) is 20.5. The van der Waals surface area contributed by atoms with Crippen molar-refractivity contribution in [3.8, 4) is 0 Å². The maximum absolute atomic E-state index is 14.5. The van der Waals surface area contributed by atoms with Crippen molar-refractivity contribution in [2.45, 2.75) is 37.1 Å². The third-order valence-electron chi connectivity index (χ3n) is 5.76. The van der Waals surface area contributed by atoms with Crippen LogP contribution in [0.2, 0.25) is 5.02 Å². The molecule has 0 radical (unpaired) electrons. The van der Waals surface area contributed by atoms with Crippen molar-refractivity contribution in [2.24, 2.45) is 0 Å². The second-order valence-corrected chi connectivity index (χ2v) is 11.3. The molecule has 3 aromatic rings. The first-order chi connectivity index (χ1) is 17.1. The van der Waals surface area contributed by atoms with E-state index in [1.165, 1.54) is 17.2 Å². The Labute approximate surface area is 211 Å². The fourth-order valence-electron chi connectivity index (χ4n) is 3.93. The molecule has 3 unspecified atom stereocenters. The molecule has 2 aromatic heterocycles. The van der Waals surface area contributed by atoms with Crippen LogP contribution in [0, 0.1) is 17.5 Å². The van der Waals surface area contributed by atoms with E-state index in [1.807, 2.05) is 0 Å². The Kier molecular flexibility index (Phi) is 6.95. The molecular weight excluding hydrogens is 550 g/mol. The summed E-state index contributed by atoms with van der Waals surface area (Å²) >= 11 is 10.9. The normalized spacial score (nSPS) is 30.8. The molecule has 2 saturated heterocycles. The standard InChI is InChI=1S/C19H18ClF3N5O6PS/c20-11-12(22)7(3-8(21)13(11)23)9-1-2-31-35(36,34-9)32-4-10-15(29)16(30)19(33-10)28-6-27-14-17(24)25-5-26-18(14)28/h3,5-6,9-10,15-16,19,29-30H,1-2,4H2,(H2,24,25,26)/t9?,10-,15+,16?,19-,35?/m1/s1. The molecule has 36 heavy (non-hydrogen) atoms. The summed E-state index contributed by atoms with van der Waals surface area (Å²) in [4.78, 5) is 12.0. The Morgan fingerprint density at radius 1 is 1.22 bits per heavy atom. The van der Waals surface area contributed by atoms with Crippen molar-refractivity contribution < 1.29 is 41.7 Å². The summed E-state index contributed by atoms with van der Waals surface area (Å²) in [6.45, 7) is -3.94. The van der Waals surface area contributed by atoms with Gasteiger partial charge < -0.3 is 34.3 Å². The van der Waals surface area contributed by atoms with Gasteiger partial charge in [0.05, 0.1) is 25.6 Å². The topological polar surface area (TPSA) is 147 Å². The third kappa shape index (κ3) is 4.48. The zero-order chi connectivity index (χ0) is 25.8. The molecule has 0 bridgehead atoms. The van der Waals surface area contributed by atoms with Crippen LogP contribution in [0.25, 0.3) is 11.2 Å². The first kappa shape index (κ1) is 25.7. The molecule has 11 nitrogen and oxygen atoms in total. The maximum Gasteiger partial charge on any atom is 0.327 e. The number of benzene rings is 1. The van der Waals surface area contributed by atoms with Gasteiger partial charge in [0.2, 0.25) is 0 Å². The predicted octanol–water partition coefficient (Wildman–Crippen LogP) is 2.52. The number of halogens is 4. The van der Waals surface area contributed by atoms with E-state index in [0.717, 1.165) is 0 Å². The number of aliphatic hydroxyl groups is 2. The van der Waals surface area contributed by atoms with E-state index >= 15 is 0 Å². The first-order valence-corrected chi connectivity index (χ1v) is 13.4. The number of nitrogens with two attached hydrogens (primary N) is 1. The highest BCUT2D eigenvalue weighted by Crippen LogP contribution is 2.58. The summed E-state index contributed by atoms with van der Waals surface area (Å²) in [7, 11) is 0. The molecule has 2 aliphatic heterocycles. The number of rotatable bonds is 5. The van der Waals surface area contributed by atoms with Gasteiger partial charge in [-0.3, -0.25) is 4.57 Å². The largest absolute Gasteiger partial charge is 0.387 e. The van der Waals surface area contributed by atoms with Crippen LogP contribution < -0.4 is 5.73 Å². The number of nitrogens with zero attached hydrogens (tertiary/aromatic N) is 4. The van der Waals surface area contributed by atoms with Crippen molar-refractivity contribution in [3.05, 3.63) is 46.8 Å². The number of nitrogen functional groups attached to an aromatic ring is 1. The second kappa shape index (κ2) is 9.74. The van der Waals surface area contributed by atoms with Crippen molar-refractivity contribution in [3.63, 3.8) is 0 Å². The van der Waals surface area contributed by atoms with Crippen LogP contribution in [0.4, 0.5) is 19.0 Å².